The fourth-order valence-electron chi connectivity index (χ4n) is 4.01. The highest BCUT2D eigenvalue weighted by molar-refractivity contribution is 6.42. The van der Waals surface area contributed by atoms with Gasteiger partial charge in [-0.05, 0) is 76.4 Å². The van der Waals surface area contributed by atoms with Crippen LogP contribution in [-0.2, 0) is 19.1 Å². The number of fused-ring (bicyclic) bond motifs is 1. The molecule has 2 aromatic carbocycles. The first-order valence-corrected chi connectivity index (χ1v) is 11.9. The maximum absolute atomic E-state index is 13.5. The summed E-state index contributed by atoms with van der Waals surface area (Å²) in [6, 6.07) is 9.75. The Hall–Kier alpha value is -3.03. The van der Waals surface area contributed by atoms with Crippen molar-refractivity contribution in [2.75, 3.05) is 12.0 Å². The third kappa shape index (κ3) is 4.88. The molecule has 0 N–H and O–H groups in total. The van der Waals surface area contributed by atoms with Gasteiger partial charge in [-0.15, -0.1) is 0 Å². The van der Waals surface area contributed by atoms with Gasteiger partial charge in [-0.1, -0.05) is 29.3 Å². The average Bonchev–Trinajstić information content (AvgIpc) is 3.01. The number of imide groups is 1. The van der Waals surface area contributed by atoms with Crippen LogP contribution in [0.1, 0.15) is 51.2 Å². The smallest absolute Gasteiger partial charge is 0.422 e. The van der Waals surface area contributed by atoms with Crippen LogP contribution in [0.4, 0.5) is 10.5 Å². The van der Waals surface area contributed by atoms with Crippen LogP contribution in [0.5, 0.6) is 5.75 Å². The molecular weight excluding hydrogens is 493 g/mol. The van der Waals surface area contributed by atoms with Gasteiger partial charge in [-0.3, -0.25) is 4.79 Å². The second-order valence-electron chi connectivity index (χ2n) is 9.46. The lowest BCUT2D eigenvalue weighted by atomic mass is 9.80. The van der Waals surface area contributed by atoms with E-state index in [1.54, 1.807) is 57.2 Å². The Bertz CT molecular complexity index is 1240. The third-order valence-corrected chi connectivity index (χ3v) is 6.27. The molecule has 1 saturated carbocycles. The van der Waals surface area contributed by atoms with Crippen LogP contribution in [0, 0.1) is 0 Å². The summed E-state index contributed by atoms with van der Waals surface area (Å²) in [5.74, 6) is -0.662. The van der Waals surface area contributed by atoms with Crippen LogP contribution >= 0.6 is 23.2 Å². The van der Waals surface area contributed by atoms with E-state index in [-0.39, 0.29) is 5.57 Å². The van der Waals surface area contributed by atoms with E-state index in [9.17, 15) is 14.4 Å². The normalized spacial score (nSPS) is 17.6. The molecule has 0 bridgehead atoms. The topological polar surface area (TPSA) is 82.1 Å². The van der Waals surface area contributed by atoms with Gasteiger partial charge in [0.1, 0.15) is 11.4 Å². The van der Waals surface area contributed by atoms with Gasteiger partial charge in [0.2, 0.25) is 5.60 Å². The molecule has 0 atom stereocenters. The number of hydrogen-bond donors (Lipinski definition) is 0. The number of ether oxygens (including phenoxy) is 3. The molecular formula is C26H25Cl2NO6. The van der Waals surface area contributed by atoms with Gasteiger partial charge < -0.3 is 14.2 Å². The monoisotopic (exact) mass is 517 g/mol. The van der Waals surface area contributed by atoms with Crippen LogP contribution in [0.15, 0.2) is 36.4 Å². The van der Waals surface area contributed by atoms with E-state index in [1.165, 1.54) is 13.2 Å². The fraction of sp³-hybridized carbons (Fsp3) is 0.346. The minimum absolute atomic E-state index is 0.232. The van der Waals surface area contributed by atoms with E-state index < -0.39 is 29.2 Å². The van der Waals surface area contributed by atoms with E-state index in [1.807, 2.05) is 0 Å². The zero-order valence-corrected chi connectivity index (χ0v) is 21.3. The first-order chi connectivity index (χ1) is 16.4. The van der Waals surface area contributed by atoms with Crippen LogP contribution < -0.4 is 9.64 Å². The zero-order valence-electron chi connectivity index (χ0n) is 19.8. The van der Waals surface area contributed by atoms with Crippen molar-refractivity contribution in [2.45, 2.75) is 51.2 Å². The SMILES string of the molecule is COC(=O)C1(Oc2ccc(Cl)cc2C=C2C(=O)N(C(=O)OC(C)(C)C)c3cc(Cl)ccc32)CCC1. The highest BCUT2D eigenvalue weighted by Gasteiger charge is 2.48. The third-order valence-electron chi connectivity index (χ3n) is 5.80. The van der Waals surface area contributed by atoms with Gasteiger partial charge in [0.25, 0.3) is 5.91 Å². The summed E-state index contributed by atoms with van der Waals surface area (Å²) in [6.45, 7) is 5.15. The van der Waals surface area contributed by atoms with E-state index in [0.29, 0.717) is 45.5 Å². The van der Waals surface area contributed by atoms with Crippen molar-refractivity contribution in [2.24, 2.45) is 0 Å². The van der Waals surface area contributed by atoms with Crippen molar-refractivity contribution < 1.29 is 28.6 Å². The van der Waals surface area contributed by atoms with Crippen molar-refractivity contribution >= 4 is 58.5 Å². The number of methoxy groups -OCH3 is 1. The van der Waals surface area contributed by atoms with E-state index >= 15 is 0 Å². The van der Waals surface area contributed by atoms with Crippen LogP contribution in [0.2, 0.25) is 10.0 Å². The van der Waals surface area contributed by atoms with Crippen molar-refractivity contribution in [1.29, 1.82) is 0 Å². The Balaban J connectivity index is 1.79. The number of amides is 2. The lowest BCUT2D eigenvalue weighted by Crippen LogP contribution is -2.51. The summed E-state index contributed by atoms with van der Waals surface area (Å²) in [6.07, 6.45) is 2.65. The van der Waals surface area contributed by atoms with Crippen molar-refractivity contribution in [1.82, 2.24) is 0 Å². The Morgan fingerprint density at radius 1 is 1.06 bits per heavy atom. The number of halogens is 2. The standard InChI is InChI=1S/C26H25Cl2NO6/c1-25(2,3)35-24(32)29-20-14-17(28)6-8-18(20)19(22(29)30)13-15-12-16(27)7-9-21(15)34-26(10-5-11-26)23(31)33-4/h6-9,12-14H,5,10-11H2,1-4H3. The summed E-state index contributed by atoms with van der Waals surface area (Å²) >= 11 is 12.4. The lowest BCUT2D eigenvalue weighted by molar-refractivity contribution is -0.167. The summed E-state index contributed by atoms with van der Waals surface area (Å²) in [5.41, 5.74) is -0.358. The fourth-order valence-corrected chi connectivity index (χ4v) is 4.36. The molecule has 2 aromatic rings. The van der Waals surface area contributed by atoms with E-state index in [2.05, 4.69) is 0 Å². The first-order valence-electron chi connectivity index (χ1n) is 11.1. The Morgan fingerprint density at radius 3 is 2.31 bits per heavy atom. The quantitative estimate of drug-likeness (QED) is 0.350. The number of anilines is 1. The average molecular weight is 518 g/mol. The molecule has 1 heterocycles. The van der Waals surface area contributed by atoms with Crippen LogP contribution in [0.3, 0.4) is 0 Å². The molecule has 35 heavy (non-hydrogen) atoms. The summed E-state index contributed by atoms with van der Waals surface area (Å²) in [4.78, 5) is 39.8. The summed E-state index contributed by atoms with van der Waals surface area (Å²) < 4.78 is 16.6. The molecule has 9 heteroatoms. The predicted molar refractivity (Wildman–Crippen MR) is 134 cm³/mol. The van der Waals surface area contributed by atoms with Crippen molar-refractivity contribution in [3.8, 4) is 5.75 Å². The molecule has 0 radical (unpaired) electrons. The predicted octanol–water partition coefficient (Wildman–Crippen LogP) is 6.29. The van der Waals surface area contributed by atoms with Gasteiger partial charge in [0.15, 0.2) is 0 Å². The number of esters is 1. The van der Waals surface area contributed by atoms with Crippen molar-refractivity contribution in [3.63, 3.8) is 0 Å². The number of carbonyl (C=O) groups excluding carboxylic acids is 3. The minimum Gasteiger partial charge on any atom is -0.475 e. The van der Waals surface area contributed by atoms with E-state index in [4.69, 9.17) is 37.4 Å². The highest BCUT2D eigenvalue weighted by atomic mass is 35.5. The van der Waals surface area contributed by atoms with Gasteiger partial charge in [0.05, 0.1) is 18.4 Å². The minimum atomic E-state index is -1.08. The number of nitrogens with zero attached hydrogens (tertiary/aromatic N) is 1. The molecule has 1 aliphatic heterocycles. The largest absolute Gasteiger partial charge is 0.475 e. The molecule has 1 aliphatic carbocycles. The molecule has 0 saturated heterocycles. The van der Waals surface area contributed by atoms with Crippen LogP contribution in [-0.4, -0.2) is 36.3 Å². The molecule has 4 rings (SSSR count). The molecule has 0 unspecified atom stereocenters. The lowest BCUT2D eigenvalue weighted by Gasteiger charge is -2.39. The molecule has 7 nitrogen and oxygen atoms in total. The molecule has 0 spiro atoms. The second-order valence-corrected chi connectivity index (χ2v) is 10.3. The molecule has 2 amide bonds. The Labute approximate surface area is 213 Å². The van der Waals surface area contributed by atoms with E-state index in [0.717, 1.165) is 11.3 Å². The highest BCUT2D eigenvalue weighted by Crippen LogP contribution is 2.43. The molecule has 184 valence electrons. The Kier molecular flexibility index (Phi) is 6.60. The molecule has 0 aromatic heterocycles. The van der Waals surface area contributed by atoms with Gasteiger partial charge in [-0.2, -0.15) is 0 Å². The maximum Gasteiger partial charge on any atom is 0.422 e. The second kappa shape index (κ2) is 9.21. The van der Waals surface area contributed by atoms with Crippen LogP contribution in [0.25, 0.3) is 11.6 Å². The number of hydrogen-bond acceptors (Lipinski definition) is 6. The van der Waals surface area contributed by atoms with Gasteiger partial charge in [-0.25, -0.2) is 14.5 Å². The van der Waals surface area contributed by atoms with Gasteiger partial charge in [0, 0.05) is 21.2 Å². The maximum atomic E-state index is 13.5. The number of benzene rings is 2. The molecule has 1 fully saturated rings. The molecule has 2 aliphatic rings. The summed E-state index contributed by atoms with van der Waals surface area (Å²) in [5, 5.41) is 0.777. The number of carbonyl (C=O) groups is 3. The van der Waals surface area contributed by atoms with Crippen molar-refractivity contribution in [3.05, 3.63) is 57.6 Å². The van der Waals surface area contributed by atoms with Gasteiger partial charge >= 0.3 is 12.1 Å². The first kappa shape index (κ1) is 25.1. The Morgan fingerprint density at radius 2 is 1.71 bits per heavy atom. The summed E-state index contributed by atoms with van der Waals surface area (Å²) in [7, 11) is 1.32. The zero-order chi connectivity index (χ0) is 25.5. The number of rotatable bonds is 4.